The number of rotatable bonds is 6. The van der Waals surface area contributed by atoms with Crippen LogP contribution < -0.4 is 10.6 Å². The summed E-state index contributed by atoms with van der Waals surface area (Å²) in [4.78, 5) is 26.3. The van der Waals surface area contributed by atoms with E-state index >= 15 is 0 Å². The highest BCUT2D eigenvalue weighted by molar-refractivity contribution is 5.96. The van der Waals surface area contributed by atoms with Gasteiger partial charge in [-0.15, -0.1) is 0 Å². The largest absolute Gasteiger partial charge is 0.374 e. The molecule has 1 aliphatic rings. The molecule has 3 rings (SSSR count). The van der Waals surface area contributed by atoms with Gasteiger partial charge in [0.1, 0.15) is 11.9 Å². The summed E-state index contributed by atoms with van der Waals surface area (Å²) in [5, 5.41) is 5.89. The number of aryl methyl sites for hydroxylation is 1. The number of carbonyl (C=O) groups excluding carboxylic acids is 2. The van der Waals surface area contributed by atoms with E-state index in [0.717, 1.165) is 30.6 Å². The Morgan fingerprint density at radius 3 is 2.75 bits per heavy atom. The molecule has 2 amide bonds. The molecule has 1 fully saturated rings. The zero-order chi connectivity index (χ0) is 20.1. The number of likely N-dealkylation sites (tertiary alicyclic amines) is 1. The van der Waals surface area contributed by atoms with Gasteiger partial charge in [0.15, 0.2) is 0 Å². The first kappa shape index (κ1) is 19.9. The molecule has 0 aliphatic carbocycles. The van der Waals surface area contributed by atoms with E-state index in [1.807, 2.05) is 29.2 Å². The van der Waals surface area contributed by atoms with Crippen molar-refractivity contribution in [3.8, 4) is 0 Å². The predicted molar refractivity (Wildman–Crippen MR) is 109 cm³/mol. The Kier molecular flexibility index (Phi) is 6.29. The topological polar surface area (TPSA) is 61.4 Å². The fourth-order valence-electron chi connectivity index (χ4n) is 3.25. The van der Waals surface area contributed by atoms with Crippen molar-refractivity contribution in [2.75, 3.05) is 17.2 Å². The number of carbonyl (C=O) groups is 2. The molecule has 0 saturated carbocycles. The quantitative estimate of drug-likeness (QED) is 0.790. The summed E-state index contributed by atoms with van der Waals surface area (Å²) in [6.45, 7) is 4.80. The number of amides is 2. The summed E-state index contributed by atoms with van der Waals surface area (Å²) in [6.07, 6.45) is 2.63. The minimum Gasteiger partial charge on any atom is -0.374 e. The zero-order valence-electron chi connectivity index (χ0n) is 16.3. The summed E-state index contributed by atoms with van der Waals surface area (Å²) < 4.78 is 13.6. The number of halogens is 1. The van der Waals surface area contributed by atoms with Gasteiger partial charge in [-0.2, -0.15) is 0 Å². The molecule has 1 heterocycles. The smallest absolute Gasteiger partial charge is 0.246 e. The lowest BCUT2D eigenvalue weighted by Crippen LogP contribution is -2.34. The minimum absolute atomic E-state index is 0.197. The van der Waals surface area contributed by atoms with E-state index < -0.39 is 6.04 Å². The van der Waals surface area contributed by atoms with E-state index in [1.165, 1.54) is 6.07 Å². The van der Waals surface area contributed by atoms with Crippen LogP contribution in [0, 0.1) is 12.7 Å². The number of piperidine rings is 1. The van der Waals surface area contributed by atoms with Crippen LogP contribution in [0.15, 0.2) is 42.5 Å². The molecule has 2 aromatic carbocycles. The molecule has 1 saturated heterocycles. The highest BCUT2D eigenvalue weighted by atomic mass is 19.1. The van der Waals surface area contributed by atoms with Gasteiger partial charge in [-0.3, -0.25) is 9.59 Å². The molecule has 1 atom stereocenters. The van der Waals surface area contributed by atoms with E-state index in [9.17, 15) is 14.0 Å². The Labute approximate surface area is 164 Å². The number of hydrogen-bond acceptors (Lipinski definition) is 3. The first-order valence-corrected chi connectivity index (χ1v) is 9.62. The van der Waals surface area contributed by atoms with Crippen molar-refractivity contribution in [1.29, 1.82) is 0 Å². The molecule has 6 heteroatoms. The van der Waals surface area contributed by atoms with E-state index in [2.05, 4.69) is 10.6 Å². The summed E-state index contributed by atoms with van der Waals surface area (Å²) >= 11 is 0. The molecule has 2 aromatic rings. The third-order valence-electron chi connectivity index (χ3n) is 4.94. The standard InChI is InChI=1S/C22H26FN3O2/c1-15-9-10-19(13-20(15)23)25-22(28)16(2)24-18-7-5-6-17(12-18)14-26-11-4-3-8-21(26)27/h5-7,9-10,12-13,16,24H,3-4,8,11,14H2,1-2H3,(H,25,28). The molecule has 5 nitrogen and oxygen atoms in total. The van der Waals surface area contributed by atoms with Gasteiger partial charge in [0.05, 0.1) is 0 Å². The average Bonchev–Trinajstić information content (AvgIpc) is 2.67. The molecule has 0 radical (unpaired) electrons. The second-order valence-electron chi connectivity index (χ2n) is 7.29. The number of nitrogens with one attached hydrogen (secondary N) is 2. The highest BCUT2D eigenvalue weighted by Gasteiger charge is 2.18. The van der Waals surface area contributed by atoms with Crippen molar-refractivity contribution in [1.82, 2.24) is 4.90 Å². The fraction of sp³-hybridized carbons (Fsp3) is 0.364. The Balaban J connectivity index is 1.60. The van der Waals surface area contributed by atoms with E-state index in [1.54, 1.807) is 26.0 Å². The lowest BCUT2D eigenvalue weighted by atomic mass is 10.1. The van der Waals surface area contributed by atoms with Crippen LogP contribution in [0.2, 0.25) is 0 Å². The number of anilines is 2. The predicted octanol–water partition coefficient (Wildman–Crippen LogP) is 4.09. The first-order chi connectivity index (χ1) is 13.4. The summed E-state index contributed by atoms with van der Waals surface area (Å²) in [7, 11) is 0. The van der Waals surface area contributed by atoms with E-state index in [4.69, 9.17) is 0 Å². The molecule has 2 N–H and O–H groups in total. The SMILES string of the molecule is Cc1ccc(NC(=O)C(C)Nc2cccc(CN3CCCCC3=O)c2)cc1F. The number of nitrogens with zero attached hydrogens (tertiary/aromatic N) is 1. The van der Waals surface area contributed by atoms with E-state index in [-0.39, 0.29) is 17.6 Å². The van der Waals surface area contributed by atoms with Gasteiger partial charge in [-0.05, 0) is 62.1 Å². The Morgan fingerprint density at radius 1 is 1.18 bits per heavy atom. The third-order valence-corrected chi connectivity index (χ3v) is 4.94. The minimum atomic E-state index is -0.503. The Bertz CT molecular complexity index is 869. The van der Waals surface area contributed by atoms with Gasteiger partial charge in [-0.1, -0.05) is 18.2 Å². The van der Waals surface area contributed by atoms with E-state index in [0.29, 0.717) is 24.2 Å². The van der Waals surface area contributed by atoms with Crippen LogP contribution in [0.5, 0.6) is 0 Å². The van der Waals surface area contributed by atoms with Crippen LogP contribution in [0.25, 0.3) is 0 Å². The maximum Gasteiger partial charge on any atom is 0.246 e. The molecule has 28 heavy (non-hydrogen) atoms. The van der Waals surface area contributed by atoms with Crippen LogP contribution in [-0.4, -0.2) is 29.3 Å². The van der Waals surface area contributed by atoms with Gasteiger partial charge in [0.25, 0.3) is 0 Å². The maximum absolute atomic E-state index is 13.6. The van der Waals surface area contributed by atoms with Crippen molar-refractivity contribution >= 4 is 23.2 Å². The van der Waals surface area contributed by atoms with Crippen LogP contribution in [0.3, 0.4) is 0 Å². The summed E-state index contributed by atoms with van der Waals surface area (Å²) in [5.74, 6) is -0.402. The van der Waals surface area contributed by atoms with Crippen molar-refractivity contribution in [2.24, 2.45) is 0 Å². The first-order valence-electron chi connectivity index (χ1n) is 9.62. The van der Waals surface area contributed by atoms with Gasteiger partial charge in [0.2, 0.25) is 11.8 Å². The third kappa shape index (κ3) is 5.09. The van der Waals surface area contributed by atoms with Crippen LogP contribution >= 0.6 is 0 Å². The fourth-order valence-corrected chi connectivity index (χ4v) is 3.25. The molecule has 0 aromatic heterocycles. The van der Waals surface area contributed by atoms with Gasteiger partial charge in [-0.25, -0.2) is 4.39 Å². The monoisotopic (exact) mass is 383 g/mol. The lowest BCUT2D eigenvalue weighted by molar-refractivity contribution is -0.133. The highest BCUT2D eigenvalue weighted by Crippen LogP contribution is 2.18. The molecule has 1 unspecified atom stereocenters. The second kappa shape index (κ2) is 8.87. The van der Waals surface area contributed by atoms with Crippen LogP contribution in [0.1, 0.15) is 37.3 Å². The molecule has 0 spiro atoms. The summed E-state index contributed by atoms with van der Waals surface area (Å²) in [5.41, 5.74) is 2.79. The second-order valence-corrected chi connectivity index (χ2v) is 7.29. The zero-order valence-corrected chi connectivity index (χ0v) is 16.3. The Hall–Kier alpha value is -2.89. The normalized spacial score (nSPS) is 15.2. The van der Waals surface area contributed by atoms with Crippen molar-refractivity contribution in [2.45, 2.75) is 45.7 Å². The van der Waals surface area contributed by atoms with Crippen LogP contribution in [-0.2, 0) is 16.1 Å². The van der Waals surface area contributed by atoms with Crippen molar-refractivity contribution < 1.29 is 14.0 Å². The van der Waals surface area contributed by atoms with Gasteiger partial charge in [0, 0.05) is 30.9 Å². The molecule has 0 bridgehead atoms. The van der Waals surface area contributed by atoms with Gasteiger partial charge < -0.3 is 15.5 Å². The molecule has 148 valence electrons. The average molecular weight is 383 g/mol. The van der Waals surface area contributed by atoms with Crippen molar-refractivity contribution in [3.05, 3.63) is 59.4 Å². The van der Waals surface area contributed by atoms with Crippen LogP contribution in [0.4, 0.5) is 15.8 Å². The van der Waals surface area contributed by atoms with Crippen molar-refractivity contribution in [3.63, 3.8) is 0 Å². The summed E-state index contributed by atoms with van der Waals surface area (Å²) in [6, 6.07) is 11.9. The number of benzene rings is 2. The number of hydrogen-bond donors (Lipinski definition) is 2. The molecular formula is C22H26FN3O2. The molecule has 1 aliphatic heterocycles. The maximum atomic E-state index is 13.6. The van der Waals surface area contributed by atoms with Gasteiger partial charge >= 0.3 is 0 Å². The lowest BCUT2D eigenvalue weighted by Gasteiger charge is -2.27. The Morgan fingerprint density at radius 2 is 2.00 bits per heavy atom. The molecular weight excluding hydrogens is 357 g/mol.